The number of nitrogens with zero attached hydrogens (tertiary/aromatic N) is 2. The first-order valence-electron chi connectivity index (χ1n) is 6.44. The third-order valence-electron chi connectivity index (χ3n) is 2.83. The molecule has 98 valence electrons. The van der Waals surface area contributed by atoms with Gasteiger partial charge in [0.25, 0.3) is 0 Å². The fourth-order valence-corrected chi connectivity index (χ4v) is 1.59. The van der Waals surface area contributed by atoms with Crippen LogP contribution in [0.25, 0.3) is 0 Å². The summed E-state index contributed by atoms with van der Waals surface area (Å²) in [6.45, 7) is 7.04. The van der Waals surface area contributed by atoms with Crippen molar-refractivity contribution in [3.05, 3.63) is 29.8 Å². The Hall–Kier alpha value is -1.53. The van der Waals surface area contributed by atoms with Gasteiger partial charge < -0.3 is 9.64 Å². The second kappa shape index (κ2) is 7.73. The van der Waals surface area contributed by atoms with E-state index in [-0.39, 0.29) is 0 Å². The van der Waals surface area contributed by atoms with Crippen LogP contribution in [-0.2, 0) is 0 Å². The molecule has 1 rings (SSSR count). The van der Waals surface area contributed by atoms with Gasteiger partial charge in [-0.25, -0.2) is 0 Å². The minimum Gasteiger partial charge on any atom is -0.491 e. The SMILES string of the molecule is CC(C)CCN(C)CCOc1ccccc1C#N. The molecule has 0 atom stereocenters. The Balaban J connectivity index is 2.31. The average Bonchev–Trinajstić information content (AvgIpc) is 2.37. The van der Waals surface area contributed by atoms with E-state index < -0.39 is 0 Å². The van der Waals surface area contributed by atoms with Crippen LogP contribution in [-0.4, -0.2) is 31.6 Å². The minimum absolute atomic E-state index is 0.599. The molecule has 0 heterocycles. The summed E-state index contributed by atoms with van der Waals surface area (Å²) >= 11 is 0. The first-order valence-corrected chi connectivity index (χ1v) is 6.44. The minimum atomic E-state index is 0.599. The predicted octanol–water partition coefficient (Wildman–Crippen LogP) is 2.91. The van der Waals surface area contributed by atoms with Gasteiger partial charge in [-0.2, -0.15) is 5.26 Å². The Bertz CT molecular complexity index is 396. The molecule has 3 nitrogen and oxygen atoms in total. The monoisotopic (exact) mass is 246 g/mol. The van der Waals surface area contributed by atoms with Crippen molar-refractivity contribution in [3.63, 3.8) is 0 Å². The van der Waals surface area contributed by atoms with Crippen LogP contribution in [0.2, 0.25) is 0 Å². The average molecular weight is 246 g/mol. The molecule has 3 heteroatoms. The first kappa shape index (κ1) is 14.5. The van der Waals surface area contributed by atoms with E-state index in [1.54, 1.807) is 6.07 Å². The summed E-state index contributed by atoms with van der Waals surface area (Å²) in [5.41, 5.74) is 0.599. The van der Waals surface area contributed by atoms with Crippen molar-refractivity contribution in [1.29, 1.82) is 5.26 Å². The molecule has 0 aromatic heterocycles. The highest BCUT2D eigenvalue weighted by molar-refractivity contribution is 5.42. The fraction of sp³-hybridized carbons (Fsp3) is 0.533. The summed E-state index contributed by atoms with van der Waals surface area (Å²) < 4.78 is 5.64. The Labute approximate surface area is 110 Å². The van der Waals surface area contributed by atoms with Crippen LogP contribution >= 0.6 is 0 Å². The lowest BCUT2D eigenvalue weighted by molar-refractivity contribution is 0.229. The highest BCUT2D eigenvalue weighted by Gasteiger charge is 2.03. The molecular formula is C15H22N2O. The highest BCUT2D eigenvalue weighted by Crippen LogP contribution is 2.16. The third kappa shape index (κ3) is 5.20. The van der Waals surface area contributed by atoms with E-state index in [4.69, 9.17) is 10.00 Å². The van der Waals surface area contributed by atoms with Gasteiger partial charge in [-0.15, -0.1) is 0 Å². The van der Waals surface area contributed by atoms with Crippen molar-refractivity contribution < 1.29 is 4.74 Å². The molecule has 0 saturated carbocycles. The lowest BCUT2D eigenvalue weighted by atomic mass is 10.1. The van der Waals surface area contributed by atoms with Crippen LogP contribution in [0.3, 0.4) is 0 Å². The summed E-state index contributed by atoms with van der Waals surface area (Å²) in [5, 5.41) is 8.93. The summed E-state index contributed by atoms with van der Waals surface area (Å²) in [7, 11) is 2.10. The number of para-hydroxylation sites is 1. The topological polar surface area (TPSA) is 36.3 Å². The van der Waals surface area contributed by atoms with E-state index in [0.29, 0.717) is 17.9 Å². The molecule has 0 aliphatic carbocycles. The lowest BCUT2D eigenvalue weighted by Crippen LogP contribution is -2.26. The van der Waals surface area contributed by atoms with Crippen LogP contribution in [0.15, 0.2) is 24.3 Å². The van der Waals surface area contributed by atoms with Crippen molar-refractivity contribution >= 4 is 0 Å². The zero-order valence-electron chi connectivity index (χ0n) is 11.5. The van der Waals surface area contributed by atoms with E-state index in [9.17, 15) is 0 Å². The van der Waals surface area contributed by atoms with Gasteiger partial charge in [-0.1, -0.05) is 26.0 Å². The molecule has 0 N–H and O–H groups in total. The van der Waals surface area contributed by atoms with E-state index >= 15 is 0 Å². The van der Waals surface area contributed by atoms with E-state index in [0.717, 1.165) is 19.0 Å². The Kier molecular flexibility index (Phi) is 6.24. The smallest absolute Gasteiger partial charge is 0.137 e. The second-order valence-electron chi connectivity index (χ2n) is 4.94. The summed E-state index contributed by atoms with van der Waals surface area (Å²) in [5.74, 6) is 1.41. The maximum absolute atomic E-state index is 8.93. The van der Waals surface area contributed by atoms with E-state index in [1.165, 1.54) is 6.42 Å². The number of rotatable bonds is 7. The molecule has 0 fully saturated rings. The van der Waals surface area contributed by atoms with Crippen molar-refractivity contribution in [2.24, 2.45) is 5.92 Å². The Morgan fingerprint density at radius 3 is 2.67 bits per heavy atom. The molecule has 0 saturated heterocycles. The van der Waals surface area contributed by atoms with E-state index in [2.05, 4.69) is 31.9 Å². The largest absolute Gasteiger partial charge is 0.491 e. The van der Waals surface area contributed by atoms with Crippen LogP contribution in [0.4, 0.5) is 0 Å². The quantitative estimate of drug-likeness (QED) is 0.742. The number of ether oxygens (including phenoxy) is 1. The fourth-order valence-electron chi connectivity index (χ4n) is 1.59. The summed E-state index contributed by atoms with van der Waals surface area (Å²) in [6.07, 6.45) is 1.20. The Morgan fingerprint density at radius 2 is 2.00 bits per heavy atom. The van der Waals surface area contributed by atoms with Crippen LogP contribution in [0.1, 0.15) is 25.8 Å². The zero-order valence-corrected chi connectivity index (χ0v) is 11.5. The highest BCUT2D eigenvalue weighted by atomic mass is 16.5. The standard InChI is InChI=1S/C15H22N2O/c1-13(2)8-9-17(3)10-11-18-15-7-5-4-6-14(15)12-16/h4-7,13H,8-11H2,1-3H3. The van der Waals surface area contributed by atoms with Gasteiger partial charge in [-0.05, 0) is 38.1 Å². The van der Waals surface area contributed by atoms with Gasteiger partial charge in [0, 0.05) is 6.54 Å². The number of hydrogen-bond acceptors (Lipinski definition) is 3. The maximum atomic E-state index is 8.93. The molecular weight excluding hydrogens is 224 g/mol. The van der Waals surface area contributed by atoms with E-state index in [1.807, 2.05) is 18.2 Å². The first-order chi connectivity index (χ1) is 8.63. The lowest BCUT2D eigenvalue weighted by Gasteiger charge is -2.18. The molecule has 0 bridgehead atoms. The second-order valence-corrected chi connectivity index (χ2v) is 4.94. The number of likely N-dealkylation sites (N-methyl/N-ethyl adjacent to an activating group) is 1. The van der Waals surface area contributed by atoms with Crippen molar-refractivity contribution in [2.45, 2.75) is 20.3 Å². The molecule has 1 aromatic rings. The summed E-state index contributed by atoms with van der Waals surface area (Å²) in [4.78, 5) is 2.26. The molecule has 0 aliphatic heterocycles. The summed E-state index contributed by atoms with van der Waals surface area (Å²) in [6, 6.07) is 9.49. The molecule has 0 aliphatic rings. The molecule has 0 radical (unpaired) electrons. The van der Waals surface area contributed by atoms with Gasteiger partial charge in [-0.3, -0.25) is 0 Å². The zero-order chi connectivity index (χ0) is 13.4. The van der Waals surface area contributed by atoms with Gasteiger partial charge in [0.1, 0.15) is 18.4 Å². The predicted molar refractivity (Wildman–Crippen MR) is 73.6 cm³/mol. The number of benzene rings is 1. The van der Waals surface area contributed by atoms with Crippen LogP contribution in [0, 0.1) is 17.2 Å². The maximum Gasteiger partial charge on any atom is 0.137 e. The van der Waals surface area contributed by atoms with Crippen LogP contribution in [0.5, 0.6) is 5.75 Å². The van der Waals surface area contributed by atoms with Crippen molar-refractivity contribution in [1.82, 2.24) is 4.90 Å². The van der Waals surface area contributed by atoms with Crippen molar-refractivity contribution in [2.75, 3.05) is 26.7 Å². The molecule has 0 unspecified atom stereocenters. The number of hydrogen-bond donors (Lipinski definition) is 0. The Morgan fingerprint density at radius 1 is 1.28 bits per heavy atom. The third-order valence-corrected chi connectivity index (χ3v) is 2.83. The van der Waals surface area contributed by atoms with Crippen LogP contribution < -0.4 is 4.74 Å². The molecule has 1 aromatic carbocycles. The van der Waals surface area contributed by atoms with Gasteiger partial charge in [0.15, 0.2) is 0 Å². The molecule has 0 spiro atoms. The number of nitriles is 1. The van der Waals surface area contributed by atoms with Crippen molar-refractivity contribution in [3.8, 4) is 11.8 Å². The normalized spacial score (nSPS) is 10.7. The van der Waals surface area contributed by atoms with Gasteiger partial charge in [0.05, 0.1) is 5.56 Å². The van der Waals surface area contributed by atoms with Gasteiger partial charge in [0.2, 0.25) is 0 Å². The molecule has 0 amide bonds. The molecule has 18 heavy (non-hydrogen) atoms. The van der Waals surface area contributed by atoms with Gasteiger partial charge >= 0.3 is 0 Å².